The Morgan fingerprint density at radius 2 is 2.11 bits per heavy atom. The van der Waals surface area contributed by atoms with Gasteiger partial charge < -0.3 is 15.0 Å². The van der Waals surface area contributed by atoms with Crippen molar-refractivity contribution in [3.8, 4) is 5.75 Å². The Kier molecular flexibility index (Phi) is 6.68. The molecule has 4 heteroatoms. The summed E-state index contributed by atoms with van der Waals surface area (Å²) in [5.41, 5.74) is 1.01. The van der Waals surface area contributed by atoms with Crippen molar-refractivity contribution < 1.29 is 9.13 Å². The maximum atomic E-state index is 13.5. The molecule has 0 aliphatic heterocycles. The number of nitrogens with one attached hydrogen (secondary N) is 1. The van der Waals surface area contributed by atoms with E-state index in [4.69, 9.17) is 4.74 Å². The number of methoxy groups -OCH3 is 1. The van der Waals surface area contributed by atoms with Gasteiger partial charge in [0.25, 0.3) is 0 Å². The molecule has 0 aromatic heterocycles. The van der Waals surface area contributed by atoms with E-state index in [0.29, 0.717) is 5.75 Å². The van der Waals surface area contributed by atoms with Crippen molar-refractivity contribution in [3.05, 3.63) is 29.6 Å². The van der Waals surface area contributed by atoms with Crippen LogP contribution in [0.15, 0.2) is 18.2 Å². The molecule has 1 aromatic rings. The molecule has 102 valence electrons. The van der Waals surface area contributed by atoms with Crippen molar-refractivity contribution >= 4 is 0 Å². The molecule has 18 heavy (non-hydrogen) atoms. The van der Waals surface area contributed by atoms with Crippen molar-refractivity contribution in [1.29, 1.82) is 0 Å². The smallest absolute Gasteiger partial charge is 0.165 e. The predicted octanol–water partition coefficient (Wildman–Crippen LogP) is 1.92. The van der Waals surface area contributed by atoms with Crippen LogP contribution in [-0.2, 0) is 6.42 Å². The molecule has 0 radical (unpaired) electrons. The third-order valence-electron chi connectivity index (χ3n) is 2.97. The minimum atomic E-state index is -0.284. The Morgan fingerprint density at radius 1 is 1.33 bits per heavy atom. The molecular formula is C14H23FN2O. The topological polar surface area (TPSA) is 24.5 Å². The maximum Gasteiger partial charge on any atom is 0.165 e. The van der Waals surface area contributed by atoms with Gasteiger partial charge >= 0.3 is 0 Å². The van der Waals surface area contributed by atoms with Crippen LogP contribution in [0.3, 0.4) is 0 Å². The summed E-state index contributed by atoms with van der Waals surface area (Å²) in [5.74, 6) is 0.0222. The van der Waals surface area contributed by atoms with E-state index in [-0.39, 0.29) is 5.82 Å². The van der Waals surface area contributed by atoms with E-state index < -0.39 is 0 Å². The van der Waals surface area contributed by atoms with Crippen molar-refractivity contribution in [3.63, 3.8) is 0 Å². The Morgan fingerprint density at radius 3 is 2.72 bits per heavy atom. The van der Waals surface area contributed by atoms with Gasteiger partial charge in [0.2, 0.25) is 0 Å². The molecule has 0 unspecified atom stereocenters. The average molecular weight is 254 g/mol. The second-order valence-corrected chi connectivity index (χ2v) is 4.48. The standard InChI is InChI=1S/C14H23FN2O/c1-16-8-4-9-17(2)10-7-12-5-6-14(18-3)13(15)11-12/h5-6,11,16H,4,7-10H2,1-3H3. The van der Waals surface area contributed by atoms with Gasteiger partial charge in [-0.2, -0.15) is 0 Å². The van der Waals surface area contributed by atoms with Gasteiger partial charge in [-0.15, -0.1) is 0 Å². The lowest BCUT2D eigenvalue weighted by Gasteiger charge is -2.16. The van der Waals surface area contributed by atoms with Crippen LogP contribution in [-0.4, -0.2) is 45.7 Å². The molecule has 0 spiro atoms. The molecule has 0 fully saturated rings. The zero-order chi connectivity index (χ0) is 13.4. The highest BCUT2D eigenvalue weighted by Gasteiger charge is 2.04. The normalized spacial score (nSPS) is 10.9. The summed E-state index contributed by atoms with van der Waals surface area (Å²) >= 11 is 0. The summed E-state index contributed by atoms with van der Waals surface area (Å²) in [6.45, 7) is 3.02. The van der Waals surface area contributed by atoms with Gasteiger partial charge in [0, 0.05) is 6.54 Å². The maximum absolute atomic E-state index is 13.5. The van der Waals surface area contributed by atoms with Crippen LogP contribution in [0, 0.1) is 5.82 Å². The molecule has 0 saturated heterocycles. The number of hydrogen-bond acceptors (Lipinski definition) is 3. The van der Waals surface area contributed by atoms with E-state index in [1.807, 2.05) is 13.1 Å². The van der Waals surface area contributed by atoms with Crippen molar-refractivity contribution in [2.75, 3.05) is 40.8 Å². The van der Waals surface area contributed by atoms with E-state index in [2.05, 4.69) is 17.3 Å². The summed E-state index contributed by atoms with van der Waals surface area (Å²) < 4.78 is 18.4. The molecule has 0 aliphatic carbocycles. The van der Waals surface area contributed by atoms with E-state index >= 15 is 0 Å². The number of nitrogens with zero attached hydrogens (tertiary/aromatic N) is 1. The Hall–Kier alpha value is -1.13. The highest BCUT2D eigenvalue weighted by Crippen LogP contribution is 2.17. The fourth-order valence-electron chi connectivity index (χ4n) is 1.82. The first-order valence-corrected chi connectivity index (χ1v) is 6.33. The predicted molar refractivity (Wildman–Crippen MR) is 72.7 cm³/mol. The van der Waals surface area contributed by atoms with E-state index in [1.165, 1.54) is 7.11 Å². The number of hydrogen-bond donors (Lipinski definition) is 1. The highest BCUT2D eigenvalue weighted by atomic mass is 19.1. The third-order valence-corrected chi connectivity index (χ3v) is 2.97. The molecule has 0 amide bonds. The van der Waals surface area contributed by atoms with Gasteiger partial charge in [-0.1, -0.05) is 6.07 Å². The second kappa shape index (κ2) is 8.06. The van der Waals surface area contributed by atoms with Crippen molar-refractivity contribution in [2.24, 2.45) is 0 Å². The first-order valence-electron chi connectivity index (χ1n) is 6.33. The molecule has 1 aromatic carbocycles. The lowest BCUT2D eigenvalue weighted by atomic mass is 10.1. The molecule has 0 heterocycles. The van der Waals surface area contributed by atoms with Crippen LogP contribution in [0.5, 0.6) is 5.75 Å². The summed E-state index contributed by atoms with van der Waals surface area (Å²) in [7, 11) is 5.53. The Labute approximate surface area is 109 Å². The lowest BCUT2D eigenvalue weighted by Crippen LogP contribution is -2.25. The van der Waals surface area contributed by atoms with Crippen LogP contribution in [0.4, 0.5) is 4.39 Å². The minimum Gasteiger partial charge on any atom is -0.494 e. The van der Waals surface area contributed by atoms with Gasteiger partial charge in [-0.3, -0.25) is 0 Å². The van der Waals surface area contributed by atoms with E-state index in [0.717, 1.165) is 38.0 Å². The van der Waals surface area contributed by atoms with Gasteiger partial charge in [-0.25, -0.2) is 4.39 Å². The van der Waals surface area contributed by atoms with E-state index in [1.54, 1.807) is 12.1 Å². The molecule has 1 rings (SSSR count). The van der Waals surface area contributed by atoms with Gasteiger partial charge in [0.15, 0.2) is 11.6 Å². The summed E-state index contributed by atoms with van der Waals surface area (Å²) in [5, 5.41) is 3.13. The molecule has 3 nitrogen and oxygen atoms in total. The highest BCUT2D eigenvalue weighted by molar-refractivity contribution is 5.29. The molecular weight excluding hydrogens is 231 g/mol. The fourth-order valence-corrected chi connectivity index (χ4v) is 1.82. The molecule has 0 atom stereocenters. The number of likely N-dealkylation sites (N-methyl/N-ethyl adjacent to an activating group) is 1. The van der Waals surface area contributed by atoms with Crippen LogP contribution < -0.4 is 10.1 Å². The van der Waals surface area contributed by atoms with Gasteiger partial charge in [-0.05, 0) is 57.7 Å². The molecule has 1 N–H and O–H groups in total. The van der Waals surface area contributed by atoms with Crippen LogP contribution in [0.25, 0.3) is 0 Å². The number of ether oxygens (including phenoxy) is 1. The lowest BCUT2D eigenvalue weighted by molar-refractivity contribution is 0.332. The van der Waals surface area contributed by atoms with Crippen LogP contribution in [0.1, 0.15) is 12.0 Å². The third kappa shape index (κ3) is 5.02. The fraction of sp³-hybridized carbons (Fsp3) is 0.571. The van der Waals surface area contributed by atoms with Crippen molar-refractivity contribution in [2.45, 2.75) is 12.8 Å². The number of halogens is 1. The SMILES string of the molecule is CNCCCN(C)CCc1ccc(OC)c(F)c1. The largest absolute Gasteiger partial charge is 0.494 e. The first kappa shape index (κ1) is 14.9. The second-order valence-electron chi connectivity index (χ2n) is 4.48. The van der Waals surface area contributed by atoms with Gasteiger partial charge in [0.05, 0.1) is 7.11 Å². The van der Waals surface area contributed by atoms with Crippen LogP contribution >= 0.6 is 0 Å². The van der Waals surface area contributed by atoms with Crippen LogP contribution in [0.2, 0.25) is 0 Å². The molecule has 0 bridgehead atoms. The number of benzene rings is 1. The first-order chi connectivity index (χ1) is 8.67. The van der Waals surface area contributed by atoms with Gasteiger partial charge in [0.1, 0.15) is 0 Å². The molecule has 0 saturated carbocycles. The quantitative estimate of drug-likeness (QED) is 0.717. The minimum absolute atomic E-state index is 0.284. The Bertz CT molecular complexity index is 358. The average Bonchev–Trinajstić information content (AvgIpc) is 2.37. The summed E-state index contributed by atoms with van der Waals surface area (Å²) in [4.78, 5) is 2.26. The Balaban J connectivity index is 2.36. The van der Waals surface area contributed by atoms with Crippen molar-refractivity contribution in [1.82, 2.24) is 10.2 Å². The summed E-state index contributed by atoms with van der Waals surface area (Å²) in [6, 6.07) is 5.16. The zero-order valence-corrected chi connectivity index (χ0v) is 11.5. The molecule has 0 aliphatic rings. The van der Waals surface area contributed by atoms with E-state index in [9.17, 15) is 4.39 Å². The zero-order valence-electron chi connectivity index (χ0n) is 11.5. The number of rotatable bonds is 8. The monoisotopic (exact) mass is 254 g/mol. The summed E-state index contributed by atoms with van der Waals surface area (Å²) in [6.07, 6.45) is 1.99.